The number of benzene rings is 1. The monoisotopic (exact) mass is 532 g/mol. The lowest BCUT2D eigenvalue weighted by Gasteiger charge is -2.24. The Morgan fingerprint density at radius 1 is 1.23 bits per heavy atom. The van der Waals surface area contributed by atoms with E-state index in [-0.39, 0.29) is 34.7 Å². The van der Waals surface area contributed by atoms with Crippen molar-refractivity contribution in [2.75, 3.05) is 0 Å². The molecule has 1 aromatic carbocycles. The summed E-state index contributed by atoms with van der Waals surface area (Å²) >= 11 is 11.5. The second kappa shape index (κ2) is 10.1. The minimum Gasteiger partial charge on any atom is -0.481 e. The van der Waals surface area contributed by atoms with Crippen LogP contribution in [0.2, 0.25) is 10.0 Å². The van der Waals surface area contributed by atoms with E-state index in [2.05, 4.69) is 4.98 Å². The maximum atomic E-state index is 13.7. The number of amides is 3. The summed E-state index contributed by atoms with van der Waals surface area (Å²) in [6, 6.07) is 0.902. The number of carbonyl (C=O) groups is 4. The van der Waals surface area contributed by atoms with E-state index in [4.69, 9.17) is 34.0 Å². The lowest BCUT2D eigenvalue weighted by molar-refractivity contribution is -0.156. The van der Waals surface area contributed by atoms with Gasteiger partial charge in [-0.05, 0) is 36.2 Å². The van der Waals surface area contributed by atoms with E-state index in [1.807, 2.05) is 5.32 Å². The van der Waals surface area contributed by atoms with Crippen LogP contribution in [0.25, 0.3) is 0 Å². The fraction of sp³-hybridized carbons (Fsp3) is 0.286. The predicted octanol–water partition coefficient (Wildman–Crippen LogP) is 3.10. The summed E-state index contributed by atoms with van der Waals surface area (Å²) in [5, 5.41) is 10.3. The molecule has 9 nitrogen and oxygen atoms in total. The molecule has 14 heteroatoms. The van der Waals surface area contributed by atoms with Gasteiger partial charge in [0.05, 0.1) is 15.7 Å². The molecule has 0 aliphatic carbocycles. The topological polar surface area (TPSA) is 143 Å². The standard InChI is InChI=1S/C21H17Cl2F3N4O5/c22-11-6-13(23)16(28-7-11)17(21(24,25)26)29-19(34)9-1-2-12-10(5-9)8-30(20(12)35)14(18(27)33)3-4-15(31)32/h1-2,5-7,14,17H,3-4,8H2,(H2,27,33)(H,29,34)(H,31,32). The molecule has 0 radical (unpaired) electrons. The smallest absolute Gasteiger partial charge is 0.414 e. The highest BCUT2D eigenvalue weighted by Crippen LogP contribution is 2.36. The molecule has 2 heterocycles. The first-order valence-corrected chi connectivity index (χ1v) is 10.7. The van der Waals surface area contributed by atoms with Crippen LogP contribution in [0.15, 0.2) is 30.5 Å². The summed E-state index contributed by atoms with van der Waals surface area (Å²) in [5.74, 6) is -3.84. The lowest BCUT2D eigenvalue weighted by atomic mass is 10.0. The maximum Gasteiger partial charge on any atom is 0.414 e. The van der Waals surface area contributed by atoms with Gasteiger partial charge in [0, 0.05) is 30.3 Å². The lowest BCUT2D eigenvalue weighted by Crippen LogP contribution is -2.45. The van der Waals surface area contributed by atoms with E-state index in [0.29, 0.717) is 0 Å². The van der Waals surface area contributed by atoms with Crippen LogP contribution in [0, 0.1) is 0 Å². The molecule has 0 spiro atoms. The number of carboxylic acids is 1. The zero-order chi connectivity index (χ0) is 26.1. The van der Waals surface area contributed by atoms with Gasteiger partial charge in [0.25, 0.3) is 11.8 Å². The summed E-state index contributed by atoms with van der Waals surface area (Å²) in [4.78, 5) is 52.7. The van der Waals surface area contributed by atoms with Crippen LogP contribution in [0.5, 0.6) is 0 Å². The Kier molecular flexibility index (Phi) is 7.56. The van der Waals surface area contributed by atoms with Crippen LogP contribution in [0.1, 0.15) is 50.9 Å². The van der Waals surface area contributed by atoms with Crippen molar-refractivity contribution < 1.29 is 37.5 Å². The Labute approximate surface area is 206 Å². The normalized spacial score (nSPS) is 14.9. The van der Waals surface area contributed by atoms with E-state index in [9.17, 15) is 32.3 Å². The Morgan fingerprint density at radius 3 is 2.49 bits per heavy atom. The van der Waals surface area contributed by atoms with Crippen molar-refractivity contribution in [1.29, 1.82) is 0 Å². The number of hydrogen-bond donors (Lipinski definition) is 3. The highest BCUT2D eigenvalue weighted by Gasteiger charge is 2.44. The summed E-state index contributed by atoms with van der Waals surface area (Å²) in [6.07, 6.45) is -4.62. The summed E-state index contributed by atoms with van der Waals surface area (Å²) in [6.45, 7) is -0.185. The van der Waals surface area contributed by atoms with Crippen LogP contribution >= 0.6 is 23.2 Å². The number of rotatable bonds is 8. The Hall–Kier alpha value is -3.38. The second-order valence-electron chi connectivity index (χ2n) is 7.62. The Bertz CT molecular complexity index is 1210. The van der Waals surface area contributed by atoms with Crippen LogP contribution in [0.4, 0.5) is 13.2 Å². The molecule has 2 atom stereocenters. The largest absolute Gasteiger partial charge is 0.481 e. The van der Waals surface area contributed by atoms with Gasteiger partial charge in [-0.2, -0.15) is 13.2 Å². The van der Waals surface area contributed by atoms with Crippen LogP contribution < -0.4 is 11.1 Å². The molecule has 3 rings (SSSR count). The van der Waals surface area contributed by atoms with Crippen molar-refractivity contribution in [1.82, 2.24) is 15.2 Å². The molecule has 0 fully saturated rings. The number of fused-ring (bicyclic) bond motifs is 1. The Balaban J connectivity index is 1.85. The summed E-state index contributed by atoms with van der Waals surface area (Å²) in [7, 11) is 0. The zero-order valence-corrected chi connectivity index (χ0v) is 19.1. The van der Waals surface area contributed by atoms with Gasteiger partial charge in [0.2, 0.25) is 5.91 Å². The minimum absolute atomic E-state index is 0.0106. The number of carboxylic acid groups (broad SMARTS) is 1. The maximum absolute atomic E-state index is 13.7. The van der Waals surface area contributed by atoms with Crippen molar-refractivity contribution in [3.05, 3.63) is 62.9 Å². The number of carbonyl (C=O) groups excluding carboxylic acids is 3. The van der Waals surface area contributed by atoms with Crippen LogP contribution in [-0.4, -0.2) is 50.9 Å². The molecular formula is C21H17Cl2F3N4O5. The molecule has 1 aliphatic rings. The molecule has 186 valence electrons. The van der Waals surface area contributed by atoms with Gasteiger partial charge < -0.3 is 21.1 Å². The third kappa shape index (κ3) is 5.82. The molecule has 1 aromatic heterocycles. The average Bonchev–Trinajstić information content (AvgIpc) is 3.07. The number of pyridine rings is 1. The summed E-state index contributed by atoms with van der Waals surface area (Å²) < 4.78 is 41.1. The van der Waals surface area contributed by atoms with Gasteiger partial charge in [-0.1, -0.05) is 23.2 Å². The highest BCUT2D eigenvalue weighted by molar-refractivity contribution is 6.34. The number of primary amides is 1. The molecule has 0 saturated heterocycles. The number of nitrogens with one attached hydrogen (secondary N) is 1. The molecule has 3 amide bonds. The van der Waals surface area contributed by atoms with Crippen LogP contribution in [0.3, 0.4) is 0 Å². The first-order chi connectivity index (χ1) is 16.3. The predicted molar refractivity (Wildman–Crippen MR) is 117 cm³/mol. The van der Waals surface area contributed by atoms with E-state index >= 15 is 0 Å². The Morgan fingerprint density at radius 2 is 1.91 bits per heavy atom. The molecule has 4 N–H and O–H groups in total. The first kappa shape index (κ1) is 26.2. The average molecular weight is 533 g/mol. The molecule has 0 saturated carbocycles. The first-order valence-electron chi connectivity index (χ1n) is 9.93. The zero-order valence-electron chi connectivity index (χ0n) is 17.6. The molecule has 2 unspecified atom stereocenters. The van der Waals surface area contributed by atoms with Gasteiger partial charge in [-0.3, -0.25) is 24.2 Å². The quantitative estimate of drug-likeness (QED) is 0.476. The van der Waals surface area contributed by atoms with Crippen molar-refractivity contribution in [2.45, 2.75) is 37.6 Å². The van der Waals surface area contributed by atoms with Crippen molar-refractivity contribution in [3.8, 4) is 0 Å². The van der Waals surface area contributed by atoms with Crippen LogP contribution in [-0.2, 0) is 16.1 Å². The number of alkyl halides is 3. The third-order valence-electron chi connectivity index (χ3n) is 5.25. The molecule has 0 bridgehead atoms. The van der Waals surface area contributed by atoms with Crippen molar-refractivity contribution in [3.63, 3.8) is 0 Å². The van der Waals surface area contributed by atoms with Gasteiger partial charge in [0.15, 0.2) is 6.04 Å². The van der Waals surface area contributed by atoms with E-state index < -0.39 is 59.1 Å². The number of aliphatic carboxylic acids is 1. The third-order valence-corrected chi connectivity index (χ3v) is 5.76. The SMILES string of the molecule is NC(=O)C(CCC(=O)O)N1Cc2cc(C(=O)NC(c3ncc(Cl)cc3Cl)C(F)(F)F)ccc2C1=O. The summed E-state index contributed by atoms with van der Waals surface area (Å²) in [5.41, 5.74) is 4.85. The van der Waals surface area contributed by atoms with Gasteiger partial charge >= 0.3 is 12.1 Å². The van der Waals surface area contributed by atoms with E-state index in [0.717, 1.165) is 23.2 Å². The van der Waals surface area contributed by atoms with E-state index in [1.54, 1.807) is 0 Å². The fourth-order valence-corrected chi connectivity index (χ4v) is 4.09. The van der Waals surface area contributed by atoms with Gasteiger partial charge in [-0.25, -0.2) is 0 Å². The molecular weight excluding hydrogens is 516 g/mol. The van der Waals surface area contributed by atoms with Gasteiger partial charge in [0.1, 0.15) is 6.04 Å². The molecule has 1 aliphatic heterocycles. The van der Waals surface area contributed by atoms with Crippen molar-refractivity contribution >= 4 is 46.9 Å². The number of nitrogens with two attached hydrogens (primary N) is 1. The fourth-order valence-electron chi connectivity index (χ4n) is 3.61. The second-order valence-corrected chi connectivity index (χ2v) is 8.47. The number of hydrogen-bond acceptors (Lipinski definition) is 5. The van der Waals surface area contributed by atoms with Crippen molar-refractivity contribution in [2.24, 2.45) is 5.73 Å². The van der Waals surface area contributed by atoms with Gasteiger partial charge in [-0.15, -0.1) is 0 Å². The molecule has 2 aromatic rings. The minimum atomic E-state index is -4.94. The van der Waals surface area contributed by atoms with E-state index in [1.165, 1.54) is 12.1 Å². The number of nitrogens with zero attached hydrogens (tertiary/aromatic N) is 2. The number of aromatic nitrogens is 1. The number of halogens is 5. The highest BCUT2D eigenvalue weighted by atomic mass is 35.5. The molecule has 35 heavy (non-hydrogen) atoms.